The van der Waals surface area contributed by atoms with Crippen molar-refractivity contribution in [1.29, 1.82) is 0 Å². The molecule has 0 radical (unpaired) electrons. The number of carbonyl (C=O) groups excluding carboxylic acids is 2. The van der Waals surface area contributed by atoms with Gasteiger partial charge >= 0.3 is 5.97 Å². The summed E-state index contributed by atoms with van der Waals surface area (Å²) in [5, 5.41) is 0. The maximum Gasteiger partial charge on any atom is 0.338 e. The molecule has 0 saturated carbocycles. The van der Waals surface area contributed by atoms with Gasteiger partial charge in [0, 0.05) is 19.6 Å². The van der Waals surface area contributed by atoms with Gasteiger partial charge in [0.1, 0.15) is 0 Å². The third kappa shape index (κ3) is 5.04. The predicted molar refractivity (Wildman–Crippen MR) is 90.2 cm³/mol. The van der Waals surface area contributed by atoms with Gasteiger partial charge in [-0.3, -0.25) is 4.79 Å². The normalized spacial score (nSPS) is 11.4. The first-order valence-electron chi connectivity index (χ1n) is 7.63. The Bertz CT molecular complexity index is 713. The number of hydrogen-bond donors (Lipinski definition) is 1. The lowest BCUT2D eigenvalue weighted by atomic mass is 10.1. The second kappa shape index (κ2) is 8.25. The lowest BCUT2D eigenvalue weighted by molar-refractivity contribution is -0.134. The van der Waals surface area contributed by atoms with E-state index in [1.54, 1.807) is 20.9 Å². The van der Waals surface area contributed by atoms with Crippen LogP contribution in [0.4, 0.5) is 0 Å². The van der Waals surface area contributed by atoms with E-state index in [1.807, 2.05) is 13.8 Å². The average Bonchev–Trinajstić information content (AvgIpc) is 2.51. The van der Waals surface area contributed by atoms with Gasteiger partial charge in [-0.05, 0) is 38.5 Å². The average molecular weight is 356 g/mol. The van der Waals surface area contributed by atoms with Crippen LogP contribution in [0.3, 0.4) is 0 Å². The summed E-state index contributed by atoms with van der Waals surface area (Å²) < 4.78 is 31.4. The molecule has 0 unspecified atom stereocenters. The molecule has 0 aliphatic heterocycles. The summed E-state index contributed by atoms with van der Waals surface area (Å²) in [5.74, 6) is -1.06. The molecule has 1 rings (SSSR count). The Hall–Kier alpha value is -1.93. The zero-order valence-electron chi connectivity index (χ0n) is 14.6. The van der Waals surface area contributed by atoms with Crippen LogP contribution in [0.5, 0.6) is 0 Å². The molecule has 7 nitrogen and oxygen atoms in total. The van der Waals surface area contributed by atoms with Crippen molar-refractivity contribution in [2.45, 2.75) is 38.6 Å². The highest BCUT2D eigenvalue weighted by Crippen LogP contribution is 2.16. The molecule has 134 valence electrons. The van der Waals surface area contributed by atoms with Crippen LogP contribution in [-0.4, -0.2) is 51.4 Å². The van der Waals surface area contributed by atoms with Crippen LogP contribution in [0.25, 0.3) is 0 Å². The van der Waals surface area contributed by atoms with Crippen LogP contribution >= 0.6 is 0 Å². The highest BCUT2D eigenvalue weighted by Gasteiger charge is 2.20. The van der Waals surface area contributed by atoms with E-state index in [0.717, 1.165) is 0 Å². The number of rotatable bonds is 7. The topological polar surface area (TPSA) is 92.8 Å². The number of nitrogens with zero attached hydrogens (tertiary/aromatic N) is 1. The van der Waals surface area contributed by atoms with Gasteiger partial charge in [-0.2, -0.15) is 0 Å². The van der Waals surface area contributed by atoms with E-state index in [2.05, 4.69) is 4.72 Å². The lowest BCUT2D eigenvalue weighted by Crippen LogP contribution is -2.36. The van der Waals surface area contributed by atoms with Gasteiger partial charge in [0.2, 0.25) is 10.0 Å². The molecule has 0 heterocycles. The number of esters is 1. The third-order valence-corrected chi connectivity index (χ3v) is 5.11. The van der Waals surface area contributed by atoms with Gasteiger partial charge in [0.25, 0.3) is 5.91 Å². The number of benzene rings is 1. The largest absolute Gasteiger partial charge is 0.452 e. The fourth-order valence-electron chi connectivity index (χ4n) is 1.86. The van der Waals surface area contributed by atoms with Crippen molar-refractivity contribution in [2.75, 3.05) is 20.2 Å². The number of sulfonamides is 1. The number of likely N-dealkylation sites (N-methyl/N-ethyl adjacent to an activating group) is 1. The fourth-order valence-corrected chi connectivity index (χ4v) is 2.92. The Balaban J connectivity index is 2.93. The van der Waals surface area contributed by atoms with E-state index >= 15 is 0 Å². The number of amides is 1. The minimum atomic E-state index is -3.67. The van der Waals surface area contributed by atoms with Crippen LogP contribution in [0.2, 0.25) is 0 Å². The molecule has 0 fully saturated rings. The standard InChI is InChI=1S/C16H24N2O5S/c1-6-17-24(21,22)13-8-7-12(4)14(9-13)16(20)23-10-15(19)18(5)11(2)3/h7-9,11,17H,6,10H2,1-5H3. The van der Waals surface area contributed by atoms with Crippen molar-refractivity contribution in [2.24, 2.45) is 0 Å². The van der Waals surface area contributed by atoms with Gasteiger partial charge in [-0.1, -0.05) is 13.0 Å². The molecule has 1 amide bonds. The predicted octanol–water partition coefficient (Wildman–Crippen LogP) is 1.32. The van der Waals surface area contributed by atoms with Crippen molar-refractivity contribution in [3.05, 3.63) is 29.3 Å². The van der Waals surface area contributed by atoms with Crippen molar-refractivity contribution >= 4 is 21.9 Å². The Labute approximate surface area is 143 Å². The van der Waals surface area contributed by atoms with Gasteiger partial charge in [-0.25, -0.2) is 17.9 Å². The van der Waals surface area contributed by atoms with E-state index in [-0.39, 0.29) is 29.0 Å². The number of hydrogen-bond acceptors (Lipinski definition) is 5. The Morgan fingerprint density at radius 2 is 1.92 bits per heavy atom. The molecule has 0 aliphatic rings. The van der Waals surface area contributed by atoms with Crippen LogP contribution in [0.15, 0.2) is 23.1 Å². The Morgan fingerprint density at radius 1 is 1.29 bits per heavy atom. The van der Waals surface area contributed by atoms with Gasteiger partial charge in [0.05, 0.1) is 10.5 Å². The summed E-state index contributed by atoms with van der Waals surface area (Å²) in [6.45, 7) is 6.88. The van der Waals surface area contributed by atoms with E-state index < -0.39 is 22.6 Å². The molecular weight excluding hydrogens is 332 g/mol. The Kier molecular flexibility index (Phi) is 6.92. The highest BCUT2D eigenvalue weighted by atomic mass is 32.2. The molecular formula is C16H24N2O5S. The first-order valence-corrected chi connectivity index (χ1v) is 9.11. The van der Waals surface area contributed by atoms with Crippen LogP contribution < -0.4 is 4.72 Å². The van der Waals surface area contributed by atoms with E-state index in [0.29, 0.717) is 5.56 Å². The lowest BCUT2D eigenvalue weighted by Gasteiger charge is -2.21. The third-order valence-electron chi connectivity index (χ3n) is 3.57. The zero-order chi connectivity index (χ0) is 18.5. The molecule has 1 aromatic rings. The SMILES string of the molecule is CCNS(=O)(=O)c1ccc(C)c(C(=O)OCC(=O)N(C)C(C)C)c1. The summed E-state index contributed by atoms with van der Waals surface area (Å²) in [7, 11) is -2.05. The molecule has 8 heteroatoms. The van der Waals surface area contributed by atoms with Crippen LogP contribution in [0, 0.1) is 6.92 Å². The Morgan fingerprint density at radius 3 is 2.46 bits per heavy atom. The molecule has 0 bridgehead atoms. The number of aryl methyl sites for hydroxylation is 1. The van der Waals surface area contributed by atoms with Crippen molar-refractivity contribution in [1.82, 2.24) is 9.62 Å². The van der Waals surface area contributed by atoms with E-state index in [4.69, 9.17) is 4.74 Å². The molecule has 0 aromatic heterocycles. The highest BCUT2D eigenvalue weighted by molar-refractivity contribution is 7.89. The molecule has 0 atom stereocenters. The minimum absolute atomic E-state index is 0.00785. The molecule has 1 aromatic carbocycles. The zero-order valence-corrected chi connectivity index (χ0v) is 15.4. The van der Waals surface area contributed by atoms with Crippen molar-refractivity contribution in [3.63, 3.8) is 0 Å². The molecule has 24 heavy (non-hydrogen) atoms. The minimum Gasteiger partial charge on any atom is -0.452 e. The van der Waals surface area contributed by atoms with Crippen molar-refractivity contribution in [3.8, 4) is 0 Å². The maximum atomic E-state index is 12.2. The second-order valence-electron chi connectivity index (χ2n) is 5.65. The van der Waals surface area contributed by atoms with Crippen LogP contribution in [0.1, 0.15) is 36.7 Å². The number of carbonyl (C=O) groups is 2. The summed E-state index contributed by atoms with van der Waals surface area (Å²) in [4.78, 5) is 25.5. The van der Waals surface area contributed by atoms with Gasteiger partial charge in [0.15, 0.2) is 6.61 Å². The summed E-state index contributed by atoms with van der Waals surface area (Å²) in [6.07, 6.45) is 0. The first kappa shape index (κ1) is 20.1. The van der Waals surface area contributed by atoms with Gasteiger partial charge in [-0.15, -0.1) is 0 Å². The first-order chi connectivity index (χ1) is 11.1. The number of ether oxygens (including phenoxy) is 1. The number of nitrogens with one attached hydrogen (secondary N) is 1. The van der Waals surface area contributed by atoms with Crippen LogP contribution in [-0.2, 0) is 19.6 Å². The maximum absolute atomic E-state index is 12.2. The summed E-state index contributed by atoms with van der Waals surface area (Å²) in [6, 6.07) is 4.20. The second-order valence-corrected chi connectivity index (χ2v) is 7.42. The monoisotopic (exact) mass is 356 g/mol. The fraction of sp³-hybridized carbons (Fsp3) is 0.500. The van der Waals surface area contributed by atoms with E-state index in [1.165, 1.54) is 23.1 Å². The molecule has 0 saturated heterocycles. The van der Waals surface area contributed by atoms with Crippen molar-refractivity contribution < 1.29 is 22.7 Å². The summed E-state index contributed by atoms with van der Waals surface area (Å²) >= 11 is 0. The molecule has 1 N–H and O–H groups in total. The van der Waals surface area contributed by atoms with Gasteiger partial charge < -0.3 is 9.64 Å². The quantitative estimate of drug-likeness (QED) is 0.744. The molecule has 0 spiro atoms. The molecule has 0 aliphatic carbocycles. The smallest absolute Gasteiger partial charge is 0.338 e. The summed E-state index contributed by atoms with van der Waals surface area (Å²) in [5.41, 5.74) is 0.689. The van der Waals surface area contributed by atoms with E-state index in [9.17, 15) is 18.0 Å².